The Hall–Kier alpha value is -1.89. The van der Waals surface area contributed by atoms with Crippen molar-refractivity contribution in [3.8, 4) is 0 Å². The average molecular weight is 316 g/mol. The van der Waals surface area contributed by atoms with Gasteiger partial charge in [0.1, 0.15) is 0 Å². The quantitative estimate of drug-likeness (QED) is 0.877. The number of hydrogen-bond donors (Lipinski definition) is 2. The summed E-state index contributed by atoms with van der Waals surface area (Å²) in [5, 5.41) is 13.1. The van der Waals surface area contributed by atoms with Crippen LogP contribution in [-0.2, 0) is 0 Å². The lowest BCUT2D eigenvalue weighted by atomic mass is 10.2. The summed E-state index contributed by atoms with van der Waals surface area (Å²) < 4.78 is 2.09. The van der Waals surface area contributed by atoms with Crippen LogP contribution in [0.25, 0.3) is 11.2 Å². The first-order valence-electron chi connectivity index (χ1n) is 8.56. The fourth-order valence-electron chi connectivity index (χ4n) is 3.22. The van der Waals surface area contributed by atoms with Crippen molar-refractivity contribution in [1.82, 2.24) is 19.5 Å². The molecule has 0 radical (unpaired) electrons. The molecule has 0 amide bonds. The zero-order valence-electron chi connectivity index (χ0n) is 13.7. The van der Waals surface area contributed by atoms with Gasteiger partial charge in [-0.2, -0.15) is 9.97 Å². The number of rotatable bonds is 5. The van der Waals surface area contributed by atoms with Crippen molar-refractivity contribution in [3.63, 3.8) is 0 Å². The van der Waals surface area contributed by atoms with Crippen LogP contribution in [0.4, 0.5) is 11.8 Å². The summed E-state index contributed by atoms with van der Waals surface area (Å²) in [6.07, 6.45) is 6.29. The number of nitrogens with one attached hydrogen (secondary N) is 1. The molecule has 1 unspecified atom stereocenters. The Labute approximate surface area is 135 Å². The van der Waals surface area contributed by atoms with Crippen LogP contribution >= 0.6 is 0 Å². The molecule has 4 rings (SSSR count). The Balaban J connectivity index is 1.81. The molecular formula is C16H24N6O. The van der Waals surface area contributed by atoms with Gasteiger partial charge >= 0.3 is 0 Å². The number of hydrogen-bond acceptors (Lipinski definition) is 6. The number of anilines is 2. The minimum Gasteiger partial charge on any atom is -0.394 e. The van der Waals surface area contributed by atoms with Crippen molar-refractivity contribution in [2.24, 2.45) is 0 Å². The third-order valence-corrected chi connectivity index (χ3v) is 4.73. The summed E-state index contributed by atoms with van der Waals surface area (Å²) in [4.78, 5) is 16.2. The molecule has 23 heavy (non-hydrogen) atoms. The van der Waals surface area contributed by atoms with E-state index in [1.54, 1.807) is 0 Å². The molecule has 124 valence electrons. The first kappa shape index (κ1) is 14.7. The van der Waals surface area contributed by atoms with Gasteiger partial charge in [-0.1, -0.05) is 0 Å². The lowest BCUT2D eigenvalue weighted by molar-refractivity contribution is 0.265. The fourth-order valence-corrected chi connectivity index (χ4v) is 3.22. The molecule has 1 saturated carbocycles. The van der Waals surface area contributed by atoms with Crippen LogP contribution in [0, 0.1) is 0 Å². The molecular weight excluding hydrogens is 292 g/mol. The van der Waals surface area contributed by atoms with Crippen molar-refractivity contribution in [2.45, 2.75) is 57.7 Å². The predicted octanol–water partition coefficient (Wildman–Crippen LogP) is 1.94. The number of nitrogens with zero attached hydrogens (tertiary/aromatic N) is 5. The van der Waals surface area contributed by atoms with E-state index in [9.17, 15) is 5.11 Å². The summed E-state index contributed by atoms with van der Waals surface area (Å²) in [7, 11) is 0. The molecule has 7 heteroatoms. The van der Waals surface area contributed by atoms with Gasteiger partial charge in [0.2, 0.25) is 5.95 Å². The SMILES string of the molecule is CC(C)n1cnc2c(NC3CC3)nc(N3CCCC3CO)nc21. The van der Waals surface area contributed by atoms with Gasteiger partial charge < -0.3 is 19.9 Å². The zero-order chi connectivity index (χ0) is 16.0. The third kappa shape index (κ3) is 2.63. The second kappa shape index (κ2) is 5.63. The Bertz CT molecular complexity index is 708. The van der Waals surface area contributed by atoms with Gasteiger partial charge in [-0.05, 0) is 39.5 Å². The lowest BCUT2D eigenvalue weighted by Gasteiger charge is -2.23. The van der Waals surface area contributed by atoms with Crippen LogP contribution in [0.2, 0.25) is 0 Å². The van der Waals surface area contributed by atoms with Crippen molar-refractivity contribution in [1.29, 1.82) is 0 Å². The molecule has 1 atom stereocenters. The van der Waals surface area contributed by atoms with E-state index in [0.717, 1.165) is 36.4 Å². The molecule has 7 nitrogen and oxygen atoms in total. The Morgan fingerprint density at radius 1 is 1.30 bits per heavy atom. The first-order valence-corrected chi connectivity index (χ1v) is 8.56. The summed E-state index contributed by atoms with van der Waals surface area (Å²) in [5.41, 5.74) is 1.71. The van der Waals surface area contributed by atoms with Crippen LogP contribution in [0.1, 0.15) is 45.6 Å². The van der Waals surface area contributed by atoms with E-state index in [2.05, 4.69) is 33.6 Å². The highest BCUT2D eigenvalue weighted by Gasteiger charge is 2.29. The smallest absolute Gasteiger partial charge is 0.229 e. The highest BCUT2D eigenvalue weighted by molar-refractivity contribution is 5.84. The van der Waals surface area contributed by atoms with Crippen LogP contribution in [0.3, 0.4) is 0 Å². The summed E-state index contributed by atoms with van der Waals surface area (Å²) in [5.74, 6) is 1.54. The molecule has 2 aromatic heterocycles. The Morgan fingerprint density at radius 2 is 2.13 bits per heavy atom. The molecule has 2 N–H and O–H groups in total. The number of aliphatic hydroxyl groups is 1. The minimum atomic E-state index is 0.122. The fraction of sp³-hybridized carbons (Fsp3) is 0.688. The molecule has 1 aliphatic carbocycles. The normalized spacial score (nSPS) is 21.6. The first-order chi connectivity index (χ1) is 11.2. The summed E-state index contributed by atoms with van der Waals surface area (Å²) >= 11 is 0. The van der Waals surface area contributed by atoms with E-state index in [1.165, 1.54) is 12.8 Å². The molecule has 0 bridgehead atoms. The van der Waals surface area contributed by atoms with Gasteiger partial charge in [0.15, 0.2) is 17.0 Å². The second-order valence-electron chi connectivity index (χ2n) is 6.88. The van der Waals surface area contributed by atoms with Crippen molar-refractivity contribution in [3.05, 3.63) is 6.33 Å². The van der Waals surface area contributed by atoms with Crippen molar-refractivity contribution < 1.29 is 5.11 Å². The number of aromatic nitrogens is 4. The van der Waals surface area contributed by atoms with E-state index in [-0.39, 0.29) is 12.6 Å². The largest absolute Gasteiger partial charge is 0.394 e. The van der Waals surface area contributed by atoms with Gasteiger partial charge in [-0.3, -0.25) is 0 Å². The zero-order valence-corrected chi connectivity index (χ0v) is 13.7. The van der Waals surface area contributed by atoms with Crippen LogP contribution < -0.4 is 10.2 Å². The van der Waals surface area contributed by atoms with Gasteiger partial charge in [-0.25, -0.2) is 4.98 Å². The van der Waals surface area contributed by atoms with Gasteiger partial charge in [-0.15, -0.1) is 0 Å². The molecule has 0 spiro atoms. The molecule has 1 aliphatic heterocycles. The molecule has 2 aromatic rings. The van der Waals surface area contributed by atoms with E-state index in [0.29, 0.717) is 18.0 Å². The summed E-state index contributed by atoms with van der Waals surface area (Å²) in [6.45, 7) is 5.30. The lowest BCUT2D eigenvalue weighted by Crippen LogP contribution is -2.33. The average Bonchev–Trinajstić information content (AvgIpc) is 3.06. The molecule has 1 saturated heterocycles. The molecule has 3 heterocycles. The molecule has 0 aromatic carbocycles. The number of aliphatic hydroxyl groups excluding tert-OH is 1. The van der Waals surface area contributed by atoms with Gasteiger partial charge in [0.25, 0.3) is 0 Å². The van der Waals surface area contributed by atoms with Crippen LogP contribution in [0.15, 0.2) is 6.33 Å². The van der Waals surface area contributed by atoms with E-state index >= 15 is 0 Å². The minimum absolute atomic E-state index is 0.122. The van der Waals surface area contributed by atoms with Crippen LogP contribution in [-0.4, -0.2) is 49.9 Å². The Kier molecular flexibility index (Phi) is 3.60. The third-order valence-electron chi connectivity index (χ3n) is 4.73. The standard InChI is InChI=1S/C16H24N6O/c1-10(2)22-9-17-13-14(18-11-5-6-11)19-16(20-15(13)22)21-7-3-4-12(21)8-23/h9-12,23H,3-8H2,1-2H3,(H,18,19,20). The second-order valence-corrected chi connectivity index (χ2v) is 6.88. The molecule has 2 aliphatic rings. The van der Waals surface area contributed by atoms with Gasteiger partial charge in [0, 0.05) is 18.6 Å². The Morgan fingerprint density at radius 3 is 2.83 bits per heavy atom. The monoisotopic (exact) mass is 316 g/mol. The highest BCUT2D eigenvalue weighted by Crippen LogP contribution is 2.31. The highest BCUT2D eigenvalue weighted by atomic mass is 16.3. The maximum atomic E-state index is 9.61. The van der Waals surface area contributed by atoms with E-state index in [4.69, 9.17) is 9.97 Å². The number of imidazole rings is 1. The van der Waals surface area contributed by atoms with Crippen molar-refractivity contribution in [2.75, 3.05) is 23.4 Å². The van der Waals surface area contributed by atoms with E-state index < -0.39 is 0 Å². The molecule has 2 fully saturated rings. The van der Waals surface area contributed by atoms with E-state index in [1.807, 2.05) is 6.33 Å². The van der Waals surface area contributed by atoms with Crippen molar-refractivity contribution >= 4 is 22.9 Å². The van der Waals surface area contributed by atoms with Gasteiger partial charge in [0.05, 0.1) is 19.0 Å². The maximum Gasteiger partial charge on any atom is 0.229 e. The van der Waals surface area contributed by atoms with Crippen LogP contribution in [0.5, 0.6) is 0 Å². The predicted molar refractivity (Wildman–Crippen MR) is 89.8 cm³/mol. The summed E-state index contributed by atoms with van der Waals surface area (Å²) in [6, 6.07) is 0.928. The topological polar surface area (TPSA) is 79.1 Å². The maximum absolute atomic E-state index is 9.61. The number of fused-ring (bicyclic) bond motifs is 1.